The number of nitrogens with two attached hydrogens (primary N) is 1. The Kier molecular flexibility index (Phi) is 6.34. The Bertz CT molecular complexity index is 519. The quantitative estimate of drug-likeness (QED) is 0.482. The number of anilines is 1. The van der Waals surface area contributed by atoms with Gasteiger partial charge in [-0.2, -0.15) is 0 Å². The fraction of sp³-hybridized carbons (Fsp3) is 0.583. The molecule has 0 aliphatic heterocycles. The highest BCUT2D eigenvalue weighted by Crippen LogP contribution is 2.18. The number of sulfonamides is 1. The molecule has 0 saturated heterocycles. The lowest BCUT2D eigenvalue weighted by molar-refractivity contribution is 0.116. The molecule has 1 aromatic heterocycles. The zero-order valence-electron chi connectivity index (χ0n) is 12.0. The molecule has 8 heteroatoms. The van der Waals surface area contributed by atoms with E-state index in [0.717, 1.165) is 0 Å². The molecule has 1 aromatic rings. The second kappa shape index (κ2) is 7.53. The van der Waals surface area contributed by atoms with E-state index in [0.29, 0.717) is 13.2 Å². The largest absolute Gasteiger partial charge is 0.380 e. The van der Waals surface area contributed by atoms with E-state index in [9.17, 15) is 8.42 Å². The molecule has 0 fully saturated rings. The summed E-state index contributed by atoms with van der Waals surface area (Å²) in [6, 6.07) is 2.68. The van der Waals surface area contributed by atoms with E-state index in [2.05, 4.69) is 15.1 Å². The van der Waals surface area contributed by atoms with Crippen molar-refractivity contribution >= 4 is 15.8 Å². The average molecular weight is 302 g/mol. The summed E-state index contributed by atoms with van der Waals surface area (Å²) in [6.07, 6.45) is 1.47. The molecule has 20 heavy (non-hydrogen) atoms. The number of ether oxygens (including phenoxy) is 1. The first kappa shape index (κ1) is 16.8. The van der Waals surface area contributed by atoms with Crippen LogP contribution in [-0.2, 0) is 14.8 Å². The van der Waals surface area contributed by atoms with Crippen molar-refractivity contribution in [1.29, 1.82) is 0 Å². The Hall–Kier alpha value is -1.22. The van der Waals surface area contributed by atoms with Gasteiger partial charge in [0.15, 0.2) is 5.82 Å². The topological polar surface area (TPSA) is 106 Å². The van der Waals surface area contributed by atoms with Crippen LogP contribution in [0.2, 0.25) is 0 Å². The van der Waals surface area contributed by atoms with Gasteiger partial charge in [0.25, 0.3) is 0 Å². The summed E-state index contributed by atoms with van der Waals surface area (Å²) < 4.78 is 32.7. The van der Waals surface area contributed by atoms with Gasteiger partial charge in [-0.3, -0.25) is 0 Å². The van der Waals surface area contributed by atoms with E-state index < -0.39 is 10.0 Å². The van der Waals surface area contributed by atoms with E-state index in [1.807, 2.05) is 20.8 Å². The van der Waals surface area contributed by atoms with Gasteiger partial charge in [0, 0.05) is 18.8 Å². The number of hydrogen-bond donors (Lipinski definition) is 3. The molecule has 0 aliphatic rings. The van der Waals surface area contributed by atoms with Crippen LogP contribution in [0.4, 0.5) is 5.82 Å². The van der Waals surface area contributed by atoms with Gasteiger partial charge < -0.3 is 10.2 Å². The summed E-state index contributed by atoms with van der Waals surface area (Å²) in [5.74, 6) is 5.50. The third kappa shape index (κ3) is 4.41. The molecule has 7 nitrogen and oxygen atoms in total. The van der Waals surface area contributed by atoms with Crippen LogP contribution in [0.25, 0.3) is 0 Å². The van der Waals surface area contributed by atoms with Crippen LogP contribution >= 0.6 is 0 Å². The van der Waals surface area contributed by atoms with Gasteiger partial charge in [0.2, 0.25) is 10.0 Å². The second-order valence-corrected chi connectivity index (χ2v) is 6.31. The maximum absolute atomic E-state index is 12.4. The van der Waals surface area contributed by atoms with E-state index in [1.165, 1.54) is 12.3 Å². The standard InChI is InChI=1S/C12H22N4O3S/c1-4-19-8-10(9(2)3)16-20(17,18)11-6-5-7-14-12(11)15-13/h5-7,9-10,16H,4,8,13H2,1-3H3,(H,14,15). The minimum atomic E-state index is -3.71. The fourth-order valence-corrected chi connectivity index (χ4v) is 3.08. The van der Waals surface area contributed by atoms with Gasteiger partial charge in [-0.25, -0.2) is 24.0 Å². The van der Waals surface area contributed by atoms with E-state index in [4.69, 9.17) is 10.6 Å². The Morgan fingerprint density at radius 2 is 2.15 bits per heavy atom. The van der Waals surface area contributed by atoms with Crippen molar-refractivity contribution in [3.63, 3.8) is 0 Å². The first-order valence-corrected chi connectivity index (χ1v) is 7.92. The molecule has 0 bridgehead atoms. The first-order chi connectivity index (χ1) is 9.42. The van der Waals surface area contributed by atoms with Gasteiger partial charge >= 0.3 is 0 Å². The van der Waals surface area contributed by atoms with Crippen molar-refractivity contribution in [2.24, 2.45) is 11.8 Å². The highest BCUT2D eigenvalue weighted by atomic mass is 32.2. The molecule has 0 aliphatic carbocycles. The molecule has 0 radical (unpaired) electrons. The van der Waals surface area contributed by atoms with Gasteiger partial charge in [0.05, 0.1) is 6.61 Å². The van der Waals surface area contributed by atoms with Crippen LogP contribution in [0.15, 0.2) is 23.2 Å². The van der Waals surface area contributed by atoms with Crippen LogP contribution in [0.3, 0.4) is 0 Å². The van der Waals surface area contributed by atoms with Gasteiger partial charge in [0.1, 0.15) is 4.90 Å². The molecule has 0 spiro atoms. The maximum atomic E-state index is 12.4. The summed E-state index contributed by atoms with van der Waals surface area (Å²) >= 11 is 0. The molecule has 114 valence electrons. The summed E-state index contributed by atoms with van der Waals surface area (Å²) in [7, 11) is -3.71. The summed E-state index contributed by atoms with van der Waals surface area (Å²) in [5, 5.41) is 0. The monoisotopic (exact) mass is 302 g/mol. The lowest BCUT2D eigenvalue weighted by Gasteiger charge is -2.22. The molecule has 4 N–H and O–H groups in total. The predicted octanol–water partition coefficient (Wildman–Crippen LogP) is 0.707. The second-order valence-electron chi connectivity index (χ2n) is 4.63. The third-order valence-electron chi connectivity index (χ3n) is 2.81. The average Bonchev–Trinajstić information content (AvgIpc) is 2.43. The highest BCUT2D eigenvalue weighted by Gasteiger charge is 2.25. The lowest BCUT2D eigenvalue weighted by atomic mass is 10.1. The van der Waals surface area contributed by atoms with Crippen LogP contribution in [0.5, 0.6) is 0 Å². The van der Waals surface area contributed by atoms with Crippen molar-refractivity contribution in [2.75, 3.05) is 18.6 Å². The van der Waals surface area contributed by atoms with Crippen LogP contribution < -0.4 is 16.0 Å². The van der Waals surface area contributed by atoms with Gasteiger partial charge in [-0.15, -0.1) is 0 Å². The van der Waals surface area contributed by atoms with Crippen LogP contribution in [0.1, 0.15) is 20.8 Å². The SMILES string of the molecule is CCOCC(NS(=O)(=O)c1cccnc1NN)C(C)C. The number of nitrogens with zero attached hydrogens (tertiary/aromatic N) is 1. The number of aromatic nitrogens is 1. The Morgan fingerprint density at radius 3 is 2.70 bits per heavy atom. The number of rotatable bonds is 8. The zero-order chi connectivity index (χ0) is 15.2. The fourth-order valence-electron chi connectivity index (χ4n) is 1.59. The summed E-state index contributed by atoms with van der Waals surface area (Å²) in [4.78, 5) is 3.91. The molecular weight excluding hydrogens is 280 g/mol. The lowest BCUT2D eigenvalue weighted by Crippen LogP contribution is -2.42. The highest BCUT2D eigenvalue weighted by molar-refractivity contribution is 7.89. The molecular formula is C12H22N4O3S. The first-order valence-electron chi connectivity index (χ1n) is 6.44. The van der Waals surface area contributed by atoms with E-state index >= 15 is 0 Å². The number of hydrazine groups is 1. The number of nitrogens with one attached hydrogen (secondary N) is 2. The van der Waals surface area contributed by atoms with Crippen molar-refractivity contribution in [1.82, 2.24) is 9.71 Å². The Morgan fingerprint density at radius 1 is 1.45 bits per heavy atom. The number of hydrogen-bond acceptors (Lipinski definition) is 6. The summed E-state index contributed by atoms with van der Waals surface area (Å²) in [6.45, 7) is 6.57. The van der Waals surface area contributed by atoms with Crippen molar-refractivity contribution < 1.29 is 13.2 Å². The Balaban J connectivity index is 2.97. The molecule has 0 aromatic carbocycles. The minimum absolute atomic E-state index is 0.0182. The molecule has 1 rings (SSSR count). The smallest absolute Gasteiger partial charge is 0.244 e. The maximum Gasteiger partial charge on any atom is 0.244 e. The number of nitrogen functional groups attached to an aromatic ring is 1. The van der Waals surface area contributed by atoms with Crippen molar-refractivity contribution in [3.8, 4) is 0 Å². The zero-order valence-corrected chi connectivity index (χ0v) is 12.8. The Labute approximate surface area is 119 Å². The predicted molar refractivity (Wildman–Crippen MR) is 77.5 cm³/mol. The molecule has 0 saturated carbocycles. The van der Waals surface area contributed by atoms with Crippen molar-refractivity contribution in [3.05, 3.63) is 18.3 Å². The molecule has 1 heterocycles. The molecule has 1 unspecified atom stereocenters. The number of pyridine rings is 1. The van der Waals surface area contributed by atoms with Crippen LogP contribution in [-0.4, -0.2) is 32.7 Å². The third-order valence-corrected chi connectivity index (χ3v) is 4.33. The van der Waals surface area contributed by atoms with Gasteiger partial charge in [-0.1, -0.05) is 13.8 Å². The summed E-state index contributed by atoms with van der Waals surface area (Å²) in [5.41, 5.74) is 2.29. The normalized spacial score (nSPS) is 13.4. The molecule has 1 atom stereocenters. The molecule has 0 amide bonds. The van der Waals surface area contributed by atoms with E-state index in [1.54, 1.807) is 6.07 Å². The van der Waals surface area contributed by atoms with Crippen molar-refractivity contribution in [2.45, 2.75) is 31.7 Å². The van der Waals surface area contributed by atoms with E-state index in [-0.39, 0.29) is 22.7 Å². The minimum Gasteiger partial charge on any atom is -0.380 e. The van der Waals surface area contributed by atoms with Crippen LogP contribution in [0, 0.1) is 5.92 Å². The van der Waals surface area contributed by atoms with Gasteiger partial charge in [-0.05, 0) is 25.0 Å².